The van der Waals surface area contributed by atoms with Crippen LogP contribution >= 0.6 is 23.4 Å². The molecule has 1 aliphatic carbocycles. The molecule has 2 aliphatic heterocycles. The third-order valence-electron chi connectivity index (χ3n) is 5.99. The van der Waals surface area contributed by atoms with Gasteiger partial charge >= 0.3 is 6.03 Å². The van der Waals surface area contributed by atoms with Crippen LogP contribution in [0.4, 0.5) is 4.79 Å². The maximum absolute atomic E-state index is 13.2. The van der Waals surface area contributed by atoms with Crippen molar-refractivity contribution >= 4 is 40.5 Å². The van der Waals surface area contributed by atoms with Gasteiger partial charge in [0.15, 0.2) is 5.17 Å². The summed E-state index contributed by atoms with van der Waals surface area (Å²) in [5, 5.41) is 3.64. The van der Waals surface area contributed by atoms with Crippen LogP contribution in [-0.2, 0) is 4.79 Å². The molecule has 8 heteroatoms. The van der Waals surface area contributed by atoms with Crippen molar-refractivity contribution in [3.8, 4) is 0 Å². The number of halogens is 1. The van der Waals surface area contributed by atoms with Gasteiger partial charge in [-0.15, -0.1) is 11.6 Å². The average Bonchev–Trinajstić information content (AvgIpc) is 3.12. The van der Waals surface area contributed by atoms with E-state index in [0.717, 1.165) is 51.6 Å². The summed E-state index contributed by atoms with van der Waals surface area (Å²) in [5.74, 6) is 0.263. The first-order valence-corrected chi connectivity index (χ1v) is 12.1. The van der Waals surface area contributed by atoms with Gasteiger partial charge in [0, 0.05) is 31.6 Å². The molecule has 2 fully saturated rings. The predicted octanol–water partition coefficient (Wildman–Crippen LogP) is 4.18. The zero-order valence-corrected chi connectivity index (χ0v) is 18.4. The molecule has 0 aromatic carbocycles. The minimum absolute atomic E-state index is 0.0420. The van der Waals surface area contributed by atoms with Gasteiger partial charge in [0.2, 0.25) is 5.91 Å². The van der Waals surface area contributed by atoms with Crippen molar-refractivity contribution in [2.45, 2.75) is 87.9 Å². The van der Waals surface area contributed by atoms with Gasteiger partial charge in [-0.25, -0.2) is 4.79 Å². The number of rotatable bonds is 5. The summed E-state index contributed by atoms with van der Waals surface area (Å²) in [6, 6.07) is 0.441. The molecule has 3 rings (SSSR count). The molecule has 158 valence electrons. The van der Waals surface area contributed by atoms with E-state index in [0.29, 0.717) is 24.2 Å². The summed E-state index contributed by atoms with van der Waals surface area (Å²) in [4.78, 5) is 33.9. The highest BCUT2D eigenvalue weighted by Gasteiger charge is 2.35. The molecule has 6 nitrogen and oxygen atoms in total. The number of nitrogens with zero attached hydrogens (tertiary/aromatic N) is 3. The number of alkyl halides is 1. The molecular weight excluding hydrogens is 396 g/mol. The molecule has 1 atom stereocenters. The largest absolute Gasteiger partial charge is 0.343 e. The summed E-state index contributed by atoms with van der Waals surface area (Å²) in [5.41, 5.74) is 0. The number of unbranched alkanes of at least 4 members (excludes halogenated alkanes) is 1. The van der Waals surface area contributed by atoms with Crippen molar-refractivity contribution in [3.05, 3.63) is 0 Å². The lowest BCUT2D eigenvalue weighted by molar-refractivity contribution is -0.132. The molecule has 28 heavy (non-hydrogen) atoms. The Morgan fingerprint density at radius 3 is 2.46 bits per heavy atom. The Morgan fingerprint density at radius 1 is 1.18 bits per heavy atom. The fraction of sp³-hybridized carbons (Fsp3) is 0.850. The van der Waals surface area contributed by atoms with Crippen molar-refractivity contribution in [1.29, 1.82) is 0 Å². The summed E-state index contributed by atoms with van der Waals surface area (Å²) in [7, 11) is 0. The summed E-state index contributed by atoms with van der Waals surface area (Å²) < 4.78 is -0.0872. The fourth-order valence-electron chi connectivity index (χ4n) is 4.44. The van der Waals surface area contributed by atoms with Crippen molar-refractivity contribution in [2.75, 3.05) is 19.6 Å². The molecule has 0 aromatic heterocycles. The molecule has 3 aliphatic rings. The SMILES string of the molecule is CCCCC(=O)N1CCC(N(C(=O)NC2=NCC(Cl)S2)C2CCCCC2)CC1. The van der Waals surface area contributed by atoms with Gasteiger partial charge in [-0.1, -0.05) is 44.4 Å². The zero-order chi connectivity index (χ0) is 19.9. The van der Waals surface area contributed by atoms with Gasteiger partial charge in [0.1, 0.15) is 4.71 Å². The van der Waals surface area contributed by atoms with E-state index in [1.54, 1.807) is 0 Å². The summed E-state index contributed by atoms with van der Waals surface area (Å²) in [6.07, 6.45) is 10.1. The van der Waals surface area contributed by atoms with E-state index < -0.39 is 0 Å². The quantitative estimate of drug-likeness (QED) is 0.668. The number of amides is 3. The molecule has 1 saturated heterocycles. The van der Waals surface area contributed by atoms with Crippen molar-refractivity contribution in [1.82, 2.24) is 15.1 Å². The van der Waals surface area contributed by atoms with Crippen LogP contribution in [0.2, 0.25) is 0 Å². The van der Waals surface area contributed by atoms with Gasteiger partial charge in [0.05, 0.1) is 6.54 Å². The van der Waals surface area contributed by atoms with Crippen LogP contribution in [0.15, 0.2) is 4.99 Å². The van der Waals surface area contributed by atoms with Gasteiger partial charge in [0.25, 0.3) is 0 Å². The van der Waals surface area contributed by atoms with Crippen LogP contribution in [0.3, 0.4) is 0 Å². The Bertz CT molecular complexity index is 575. The lowest BCUT2D eigenvalue weighted by Gasteiger charge is -2.43. The second-order valence-corrected chi connectivity index (χ2v) is 10.00. The number of likely N-dealkylation sites (tertiary alicyclic amines) is 1. The highest BCUT2D eigenvalue weighted by Crippen LogP contribution is 2.29. The Morgan fingerprint density at radius 2 is 1.86 bits per heavy atom. The average molecular weight is 429 g/mol. The van der Waals surface area contributed by atoms with Crippen LogP contribution in [0, 0.1) is 0 Å². The molecule has 3 amide bonds. The number of carbonyl (C=O) groups excluding carboxylic acids is 2. The number of carbonyl (C=O) groups is 2. The van der Waals surface area contributed by atoms with Crippen LogP contribution in [0.1, 0.15) is 71.1 Å². The minimum Gasteiger partial charge on any atom is -0.343 e. The lowest BCUT2D eigenvalue weighted by atomic mass is 9.91. The molecule has 1 N–H and O–H groups in total. The van der Waals surface area contributed by atoms with E-state index in [2.05, 4.69) is 22.1 Å². The molecule has 1 unspecified atom stereocenters. The molecule has 2 heterocycles. The highest BCUT2D eigenvalue weighted by atomic mass is 35.5. The van der Waals surface area contributed by atoms with Gasteiger partial charge in [-0.2, -0.15) is 0 Å². The zero-order valence-electron chi connectivity index (χ0n) is 16.9. The van der Waals surface area contributed by atoms with Crippen molar-refractivity contribution < 1.29 is 9.59 Å². The van der Waals surface area contributed by atoms with Crippen LogP contribution in [0.5, 0.6) is 0 Å². The number of hydrogen-bond acceptors (Lipinski definition) is 4. The molecule has 0 bridgehead atoms. The minimum atomic E-state index is -0.0872. The van der Waals surface area contributed by atoms with E-state index in [9.17, 15) is 9.59 Å². The Balaban J connectivity index is 1.61. The van der Waals surface area contributed by atoms with Gasteiger partial charge < -0.3 is 9.80 Å². The third kappa shape index (κ3) is 5.78. The lowest BCUT2D eigenvalue weighted by Crippen LogP contribution is -2.56. The standard InChI is InChI=1S/C20H33ClN4O2S/c1-2-3-9-18(26)24-12-10-16(11-13-24)25(15-7-5-4-6-8-15)20(27)23-19-22-14-17(21)28-19/h15-17H,2-14H2,1H3,(H,22,23,27). The number of aliphatic imine (C=N–C) groups is 1. The van der Waals surface area contributed by atoms with Crippen LogP contribution < -0.4 is 5.32 Å². The predicted molar refractivity (Wildman–Crippen MR) is 116 cm³/mol. The van der Waals surface area contributed by atoms with E-state index in [1.807, 2.05) is 4.90 Å². The fourth-order valence-corrected chi connectivity index (χ4v) is 5.45. The number of urea groups is 1. The summed E-state index contributed by atoms with van der Waals surface area (Å²) in [6.45, 7) is 4.16. The molecular formula is C20H33ClN4O2S. The Hall–Kier alpha value is -0.950. The molecule has 0 radical (unpaired) electrons. The Kier molecular flexibility index (Phi) is 8.33. The van der Waals surface area contributed by atoms with Crippen LogP contribution in [0.25, 0.3) is 0 Å². The Labute approximate surface area is 177 Å². The number of amidine groups is 1. The number of piperidine rings is 1. The van der Waals surface area contributed by atoms with E-state index in [4.69, 9.17) is 11.6 Å². The number of hydrogen-bond donors (Lipinski definition) is 1. The maximum Gasteiger partial charge on any atom is 0.323 e. The van der Waals surface area contributed by atoms with E-state index >= 15 is 0 Å². The van der Waals surface area contributed by atoms with E-state index in [-0.39, 0.29) is 22.7 Å². The molecule has 0 spiro atoms. The number of nitrogens with one attached hydrogen (secondary N) is 1. The summed E-state index contributed by atoms with van der Waals surface area (Å²) >= 11 is 7.52. The van der Waals surface area contributed by atoms with Gasteiger partial charge in [-0.05, 0) is 32.1 Å². The first kappa shape index (κ1) is 21.8. The first-order valence-electron chi connectivity index (χ1n) is 10.8. The van der Waals surface area contributed by atoms with Crippen LogP contribution in [-0.4, -0.2) is 63.3 Å². The monoisotopic (exact) mass is 428 g/mol. The highest BCUT2D eigenvalue weighted by molar-refractivity contribution is 8.15. The molecule has 1 saturated carbocycles. The first-order chi connectivity index (χ1) is 13.6. The third-order valence-corrected chi connectivity index (χ3v) is 7.25. The maximum atomic E-state index is 13.2. The second-order valence-electron chi connectivity index (χ2n) is 8.02. The van der Waals surface area contributed by atoms with Gasteiger partial charge in [-0.3, -0.25) is 15.1 Å². The van der Waals surface area contributed by atoms with Crippen molar-refractivity contribution in [2.24, 2.45) is 4.99 Å². The van der Waals surface area contributed by atoms with Crippen molar-refractivity contribution in [3.63, 3.8) is 0 Å². The molecule has 0 aromatic rings. The normalized spacial score (nSPS) is 24.1. The number of thioether (sulfide) groups is 1. The van der Waals surface area contributed by atoms with E-state index in [1.165, 1.54) is 31.0 Å². The smallest absolute Gasteiger partial charge is 0.323 e. The second kappa shape index (κ2) is 10.7. The topological polar surface area (TPSA) is 65.0 Å².